The topological polar surface area (TPSA) is 92.9 Å². The van der Waals surface area contributed by atoms with Gasteiger partial charge in [-0.3, -0.25) is 9.59 Å². The van der Waals surface area contributed by atoms with Crippen LogP contribution in [0.15, 0.2) is 0 Å². The number of carbonyl (C=O) groups is 2. The van der Waals surface area contributed by atoms with Gasteiger partial charge in [0.05, 0.1) is 13.2 Å². The van der Waals surface area contributed by atoms with Gasteiger partial charge in [-0.25, -0.2) is 0 Å². The summed E-state index contributed by atoms with van der Waals surface area (Å²) in [6.07, 6.45) is 3.12. The molecule has 1 spiro atoms. The van der Waals surface area contributed by atoms with E-state index in [-0.39, 0.29) is 24.2 Å². The summed E-state index contributed by atoms with van der Waals surface area (Å²) in [7, 11) is 1.28. The van der Waals surface area contributed by atoms with Gasteiger partial charge in [0.15, 0.2) is 0 Å². The fraction of sp³-hybridized carbons (Fsp3) is 0.846. The van der Waals surface area contributed by atoms with E-state index in [2.05, 4.69) is 4.74 Å². The molecule has 2 rings (SSSR count). The standard InChI is InChI=1S/C13H22N2O4/c1-19-12(18)9(14)2-3-11(17)15-7-6-13(4-5-13)10(16)8-15/h9-10,16H,2-8,14H2,1H3/t9-,10+/m0/s1. The summed E-state index contributed by atoms with van der Waals surface area (Å²) in [5.41, 5.74) is 5.69. The van der Waals surface area contributed by atoms with E-state index in [0.717, 1.165) is 19.3 Å². The molecule has 1 saturated heterocycles. The molecule has 2 atom stereocenters. The van der Waals surface area contributed by atoms with E-state index < -0.39 is 18.1 Å². The molecule has 0 aromatic rings. The SMILES string of the molecule is COC(=O)[C@@H](N)CCC(=O)N1CCC2(CC2)[C@H](O)C1. The summed E-state index contributed by atoms with van der Waals surface area (Å²) >= 11 is 0. The van der Waals surface area contributed by atoms with Gasteiger partial charge in [-0.1, -0.05) is 0 Å². The number of carbonyl (C=O) groups excluding carboxylic acids is 2. The summed E-state index contributed by atoms with van der Waals surface area (Å²) in [4.78, 5) is 24.8. The third kappa shape index (κ3) is 3.06. The quantitative estimate of drug-likeness (QED) is 0.681. The highest BCUT2D eigenvalue weighted by molar-refractivity contribution is 5.79. The molecule has 6 heteroatoms. The predicted octanol–water partition coefficient (Wildman–Crippen LogP) is -0.360. The molecule has 0 aromatic carbocycles. The van der Waals surface area contributed by atoms with Gasteiger partial charge < -0.3 is 20.5 Å². The molecule has 19 heavy (non-hydrogen) atoms. The number of rotatable bonds is 4. The van der Waals surface area contributed by atoms with Crippen LogP contribution >= 0.6 is 0 Å². The number of β-amino-alcohol motifs (C(OH)–C–C–N with tert-alkyl or cyclic N) is 1. The molecule has 3 N–H and O–H groups in total. The summed E-state index contributed by atoms with van der Waals surface area (Å²) in [6, 6.07) is -0.751. The van der Waals surface area contributed by atoms with Crippen molar-refractivity contribution in [2.24, 2.45) is 11.1 Å². The Morgan fingerprint density at radius 3 is 2.68 bits per heavy atom. The van der Waals surface area contributed by atoms with Crippen molar-refractivity contribution in [2.45, 2.75) is 44.2 Å². The van der Waals surface area contributed by atoms with Crippen LogP contribution in [0.2, 0.25) is 0 Å². The number of esters is 1. The minimum Gasteiger partial charge on any atom is -0.468 e. The zero-order chi connectivity index (χ0) is 14.0. The Kier molecular flexibility index (Phi) is 4.10. The predicted molar refractivity (Wildman–Crippen MR) is 68.1 cm³/mol. The first-order chi connectivity index (χ1) is 8.98. The molecule has 0 aromatic heterocycles. The molecule has 1 heterocycles. The van der Waals surface area contributed by atoms with Crippen LogP contribution in [0.3, 0.4) is 0 Å². The number of likely N-dealkylation sites (tertiary alicyclic amines) is 1. The number of hydrogen-bond acceptors (Lipinski definition) is 5. The molecular weight excluding hydrogens is 248 g/mol. The maximum Gasteiger partial charge on any atom is 0.322 e. The average molecular weight is 270 g/mol. The van der Waals surface area contributed by atoms with Crippen LogP contribution in [0.1, 0.15) is 32.1 Å². The van der Waals surface area contributed by atoms with Crippen molar-refractivity contribution in [3.05, 3.63) is 0 Å². The highest BCUT2D eigenvalue weighted by atomic mass is 16.5. The summed E-state index contributed by atoms with van der Waals surface area (Å²) < 4.78 is 4.51. The lowest BCUT2D eigenvalue weighted by Crippen LogP contribution is -2.48. The van der Waals surface area contributed by atoms with Gasteiger partial charge in [0.1, 0.15) is 6.04 Å². The molecule has 0 radical (unpaired) electrons. The lowest BCUT2D eigenvalue weighted by Gasteiger charge is -2.36. The average Bonchev–Trinajstić information content (AvgIpc) is 3.19. The highest BCUT2D eigenvalue weighted by Crippen LogP contribution is 2.53. The molecule has 1 amide bonds. The van der Waals surface area contributed by atoms with Crippen molar-refractivity contribution in [3.8, 4) is 0 Å². The molecule has 2 aliphatic rings. The summed E-state index contributed by atoms with van der Waals surface area (Å²) in [6.45, 7) is 1.11. The first-order valence-electron chi connectivity index (χ1n) is 6.78. The lowest BCUT2D eigenvalue weighted by atomic mass is 9.90. The van der Waals surface area contributed by atoms with E-state index in [1.165, 1.54) is 7.11 Å². The highest BCUT2D eigenvalue weighted by Gasteiger charge is 2.51. The summed E-state index contributed by atoms with van der Waals surface area (Å²) in [5, 5.41) is 10.0. The molecule has 0 unspecified atom stereocenters. The van der Waals surface area contributed by atoms with E-state index >= 15 is 0 Å². The minimum atomic E-state index is -0.751. The van der Waals surface area contributed by atoms with Crippen molar-refractivity contribution in [1.29, 1.82) is 0 Å². The monoisotopic (exact) mass is 270 g/mol. The van der Waals surface area contributed by atoms with Gasteiger partial charge in [0, 0.05) is 19.5 Å². The van der Waals surface area contributed by atoms with Crippen LogP contribution in [0.5, 0.6) is 0 Å². The van der Waals surface area contributed by atoms with Crippen molar-refractivity contribution in [3.63, 3.8) is 0 Å². The van der Waals surface area contributed by atoms with E-state index in [4.69, 9.17) is 5.73 Å². The second-order valence-electron chi connectivity index (χ2n) is 5.64. The zero-order valence-electron chi connectivity index (χ0n) is 11.3. The normalized spacial score (nSPS) is 26.1. The van der Waals surface area contributed by atoms with Gasteiger partial charge >= 0.3 is 5.97 Å². The maximum absolute atomic E-state index is 12.0. The number of ether oxygens (including phenoxy) is 1. The van der Waals surface area contributed by atoms with Crippen molar-refractivity contribution >= 4 is 11.9 Å². The third-order valence-corrected chi connectivity index (χ3v) is 4.40. The minimum absolute atomic E-state index is 0.0473. The Balaban J connectivity index is 1.76. The Morgan fingerprint density at radius 2 is 2.16 bits per heavy atom. The van der Waals surface area contributed by atoms with Gasteiger partial charge in [0.2, 0.25) is 5.91 Å². The van der Waals surface area contributed by atoms with E-state index in [9.17, 15) is 14.7 Å². The van der Waals surface area contributed by atoms with Gasteiger partial charge in [-0.15, -0.1) is 0 Å². The molecule has 1 saturated carbocycles. The number of methoxy groups -OCH3 is 1. The molecule has 6 nitrogen and oxygen atoms in total. The summed E-state index contributed by atoms with van der Waals surface area (Å²) in [5.74, 6) is -0.544. The lowest BCUT2D eigenvalue weighted by molar-refractivity contribution is -0.142. The molecule has 108 valence electrons. The van der Waals surface area contributed by atoms with Gasteiger partial charge in [-0.05, 0) is 31.1 Å². The number of nitrogens with two attached hydrogens (primary N) is 1. The van der Waals surface area contributed by atoms with Gasteiger partial charge in [0.25, 0.3) is 0 Å². The first kappa shape index (κ1) is 14.3. The Hall–Kier alpha value is -1.14. The van der Waals surface area contributed by atoms with Crippen LogP contribution in [-0.4, -0.2) is 54.2 Å². The van der Waals surface area contributed by atoms with Crippen LogP contribution in [0.4, 0.5) is 0 Å². The Morgan fingerprint density at radius 1 is 1.47 bits per heavy atom. The Bertz CT molecular complexity index is 368. The Labute approximate surface area is 112 Å². The molecule has 0 bridgehead atoms. The van der Waals surface area contributed by atoms with Gasteiger partial charge in [-0.2, -0.15) is 0 Å². The molecule has 1 aliphatic carbocycles. The number of aliphatic hydroxyl groups excluding tert-OH is 1. The number of amides is 1. The second kappa shape index (κ2) is 5.46. The molecule has 2 fully saturated rings. The van der Waals surface area contributed by atoms with Crippen molar-refractivity contribution in [2.75, 3.05) is 20.2 Å². The van der Waals surface area contributed by atoms with E-state index in [1.54, 1.807) is 4.90 Å². The van der Waals surface area contributed by atoms with Crippen LogP contribution in [-0.2, 0) is 14.3 Å². The molecule has 1 aliphatic heterocycles. The second-order valence-corrected chi connectivity index (χ2v) is 5.64. The largest absolute Gasteiger partial charge is 0.468 e. The zero-order valence-corrected chi connectivity index (χ0v) is 11.3. The fourth-order valence-corrected chi connectivity index (χ4v) is 2.69. The fourth-order valence-electron chi connectivity index (χ4n) is 2.69. The third-order valence-electron chi connectivity index (χ3n) is 4.40. The van der Waals surface area contributed by atoms with E-state index in [0.29, 0.717) is 13.1 Å². The van der Waals surface area contributed by atoms with E-state index in [1.807, 2.05) is 0 Å². The smallest absolute Gasteiger partial charge is 0.322 e. The first-order valence-corrected chi connectivity index (χ1v) is 6.78. The van der Waals surface area contributed by atoms with Crippen molar-refractivity contribution < 1.29 is 19.4 Å². The van der Waals surface area contributed by atoms with Crippen molar-refractivity contribution in [1.82, 2.24) is 4.90 Å². The van der Waals surface area contributed by atoms with Crippen LogP contribution < -0.4 is 5.73 Å². The number of nitrogens with zero attached hydrogens (tertiary/aromatic N) is 1. The molecular formula is C13H22N2O4. The number of piperidine rings is 1. The van der Waals surface area contributed by atoms with Crippen LogP contribution in [0.25, 0.3) is 0 Å². The van der Waals surface area contributed by atoms with Crippen LogP contribution in [0, 0.1) is 5.41 Å². The maximum atomic E-state index is 12.0. The number of hydrogen-bond donors (Lipinski definition) is 2. The number of aliphatic hydroxyl groups is 1.